The Morgan fingerprint density at radius 3 is 2.43 bits per heavy atom. The van der Waals surface area contributed by atoms with E-state index in [9.17, 15) is 23.6 Å². The first-order valence-corrected chi connectivity index (χ1v) is 14.9. The summed E-state index contributed by atoms with van der Waals surface area (Å²) in [5.41, 5.74) is 2.46. The number of anilines is 1. The van der Waals surface area contributed by atoms with Gasteiger partial charge in [-0.1, -0.05) is 48.0 Å². The van der Waals surface area contributed by atoms with Crippen LogP contribution in [0.2, 0.25) is 5.02 Å². The Morgan fingerprint density at radius 1 is 1.00 bits per heavy atom. The Hall–Kier alpha value is -5.49. The van der Waals surface area contributed by atoms with E-state index in [1.165, 1.54) is 37.6 Å². The number of fused-ring (bicyclic) bond motifs is 1. The summed E-state index contributed by atoms with van der Waals surface area (Å²) in [6.07, 6.45) is 2.50. The first-order valence-electron chi connectivity index (χ1n) is 14.5. The number of hydrogen-bond acceptors (Lipinski definition) is 6. The number of carbonyl (C=O) groups excluding carboxylic acids is 3. The van der Waals surface area contributed by atoms with E-state index in [1.807, 2.05) is 0 Å². The van der Waals surface area contributed by atoms with E-state index in [1.54, 1.807) is 53.1 Å². The lowest BCUT2D eigenvalue weighted by molar-refractivity contribution is -0.137. The Balaban J connectivity index is 1.24. The molecule has 1 fully saturated rings. The summed E-state index contributed by atoms with van der Waals surface area (Å²) in [6, 6.07) is 15.0. The monoisotopic (exact) mass is 657 g/mol. The van der Waals surface area contributed by atoms with Crippen LogP contribution in [0.3, 0.4) is 0 Å². The normalized spacial score (nSPS) is 16.0. The van der Waals surface area contributed by atoms with E-state index in [-0.39, 0.29) is 42.4 Å². The molecule has 1 aliphatic rings. The molecule has 1 unspecified atom stereocenters. The third kappa shape index (κ3) is 6.19. The number of aromatic nitrogens is 3. The molecule has 238 valence electrons. The minimum Gasteiger partial charge on any atom is -0.475 e. The van der Waals surface area contributed by atoms with Crippen LogP contribution in [0, 0.1) is 5.82 Å². The number of carbonyl (C=O) groups is 4. The number of alkyl halides is 1. The van der Waals surface area contributed by atoms with Crippen LogP contribution in [0.1, 0.15) is 34.3 Å². The number of hydrogen-bond donors (Lipinski definition) is 2. The second-order valence-electron chi connectivity index (χ2n) is 11.1. The molecule has 5 aromatic rings. The van der Waals surface area contributed by atoms with Gasteiger partial charge in [0.25, 0.3) is 0 Å². The van der Waals surface area contributed by atoms with Crippen LogP contribution < -0.4 is 5.32 Å². The molecule has 2 atom stereocenters. The molecule has 10 nitrogen and oxygen atoms in total. The van der Waals surface area contributed by atoms with Gasteiger partial charge in [0, 0.05) is 63.2 Å². The number of halogens is 3. The predicted octanol–water partition coefficient (Wildman–Crippen LogP) is 6.04. The fraction of sp³-hybridized carbons (Fsp3) is 0.176. The number of likely N-dealkylation sites (tertiary alicyclic amines) is 1. The van der Waals surface area contributed by atoms with Gasteiger partial charge in [-0.25, -0.2) is 23.5 Å². The summed E-state index contributed by atoms with van der Waals surface area (Å²) in [5, 5.41) is 12.4. The highest BCUT2D eigenvalue weighted by Gasteiger charge is 2.40. The quantitative estimate of drug-likeness (QED) is 0.194. The van der Waals surface area contributed by atoms with Gasteiger partial charge in [-0.15, -0.1) is 0 Å². The number of nitrogens with one attached hydrogen (secondary N) is 1. The second-order valence-corrected chi connectivity index (χ2v) is 11.5. The SMILES string of the molecule is CC(=O)c1cn(CC(=O)N2CC(F)C[C@H]2C(=O)Nc2cccc(-c3ccccc3Cl)c2F)c2ccc(-c3cnc(C(=O)O)nc3)cc12. The highest BCUT2D eigenvalue weighted by molar-refractivity contribution is 6.33. The van der Waals surface area contributed by atoms with Gasteiger partial charge in [0.1, 0.15) is 18.8 Å². The smallest absolute Gasteiger partial charge is 0.373 e. The van der Waals surface area contributed by atoms with Crippen molar-refractivity contribution in [1.29, 1.82) is 0 Å². The van der Waals surface area contributed by atoms with E-state index in [0.717, 1.165) is 4.90 Å². The molecule has 0 radical (unpaired) electrons. The second kappa shape index (κ2) is 12.7. The topological polar surface area (TPSA) is 134 Å². The first kappa shape index (κ1) is 31.5. The van der Waals surface area contributed by atoms with E-state index >= 15 is 4.39 Å². The maximum Gasteiger partial charge on any atom is 0.373 e. The third-order valence-electron chi connectivity index (χ3n) is 8.04. The summed E-state index contributed by atoms with van der Waals surface area (Å²) in [4.78, 5) is 59.4. The minimum absolute atomic E-state index is 0.136. The molecular weight excluding hydrogens is 632 g/mol. The molecule has 0 aliphatic carbocycles. The summed E-state index contributed by atoms with van der Waals surface area (Å²) < 4.78 is 31.8. The van der Waals surface area contributed by atoms with E-state index < -0.39 is 35.8 Å². The number of nitrogens with zero attached hydrogens (tertiary/aromatic N) is 4. The van der Waals surface area contributed by atoms with Crippen LogP contribution in [-0.2, 0) is 16.1 Å². The van der Waals surface area contributed by atoms with Crippen molar-refractivity contribution in [3.63, 3.8) is 0 Å². The molecule has 47 heavy (non-hydrogen) atoms. The number of ketones is 1. The molecule has 2 amide bonds. The highest BCUT2D eigenvalue weighted by atomic mass is 35.5. The van der Waals surface area contributed by atoms with Gasteiger partial charge >= 0.3 is 5.97 Å². The maximum absolute atomic E-state index is 15.5. The van der Waals surface area contributed by atoms with Crippen molar-refractivity contribution >= 4 is 51.8 Å². The van der Waals surface area contributed by atoms with Crippen molar-refractivity contribution in [2.75, 3.05) is 11.9 Å². The van der Waals surface area contributed by atoms with Crippen molar-refractivity contribution in [2.45, 2.75) is 32.1 Å². The van der Waals surface area contributed by atoms with E-state index in [0.29, 0.717) is 38.2 Å². The third-order valence-corrected chi connectivity index (χ3v) is 8.37. The van der Waals surface area contributed by atoms with Crippen LogP contribution in [0.4, 0.5) is 14.5 Å². The molecule has 1 aliphatic heterocycles. The molecule has 3 heterocycles. The molecular formula is C34H26ClF2N5O5. The summed E-state index contributed by atoms with van der Waals surface area (Å²) in [6.45, 7) is 0.757. The van der Waals surface area contributed by atoms with E-state index in [4.69, 9.17) is 16.7 Å². The van der Waals surface area contributed by atoms with Gasteiger partial charge in [0.05, 0.1) is 12.2 Å². The molecule has 2 N–H and O–H groups in total. The number of Topliss-reactive ketones (excluding diaryl/α,β-unsaturated/α-hetero) is 1. The number of benzene rings is 3. The van der Waals surface area contributed by atoms with Crippen LogP contribution in [-0.4, -0.2) is 66.9 Å². The zero-order valence-electron chi connectivity index (χ0n) is 24.8. The molecule has 2 aromatic heterocycles. The molecule has 6 rings (SSSR count). The zero-order chi connectivity index (χ0) is 33.4. The van der Waals surface area contributed by atoms with Gasteiger partial charge in [0.15, 0.2) is 11.6 Å². The highest BCUT2D eigenvalue weighted by Crippen LogP contribution is 2.34. The summed E-state index contributed by atoms with van der Waals surface area (Å²) in [7, 11) is 0. The Labute approximate surface area is 271 Å². The van der Waals surface area contributed by atoms with Gasteiger partial charge in [0.2, 0.25) is 17.6 Å². The minimum atomic E-state index is -1.47. The average Bonchev–Trinajstić information content (AvgIpc) is 3.63. The van der Waals surface area contributed by atoms with Crippen molar-refractivity contribution < 1.29 is 33.1 Å². The van der Waals surface area contributed by atoms with Crippen molar-refractivity contribution in [2.24, 2.45) is 0 Å². The maximum atomic E-state index is 15.5. The average molecular weight is 658 g/mol. The van der Waals surface area contributed by atoms with E-state index in [2.05, 4.69) is 15.3 Å². The number of aromatic carboxylic acids is 1. The van der Waals surface area contributed by atoms with Crippen molar-refractivity contribution in [1.82, 2.24) is 19.4 Å². The lowest BCUT2D eigenvalue weighted by Crippen LogP contribution is -2.44. The van der Waals surface area contributed by atoms with Crippen LogP contribution in [0.15, 0.2) is 79.3 Å². The fourth-order valence-corrected chi connectivity index (χ4v) is 5.99. The van der Waals surface area contributed by atoms with Gasteiger partial charge < -0.3 is 19.9 Å². The lowest BCUT2D eigenvalue weighted by Gasteiger charge is -2.24. The van der Waals surface area contributed by atoms with Gasteiger partial charge in [-0.2, -0.15) is 0 Å². The molecule has 13 heteroatoms. The van der Waals surface area contributed by atoms with Gasteiger partial charge in [-0.05, 0) is 36.8 Å². The molecule has 0 bridgehead atoms. The zero-order valence-corrected chi connectivity index (χ0v) is 25.5. The first-order chi connectivity index (χ1) is 22.5. The van der Waals surface area contributed by atoms with Gasteiger partial charge in [-0.3, -0.25) is 14.4 Å². The lowest BCUT2D eigenvalue weighted by atomic mass is 10.0. The summed E-state index contributed by atoms with van der Waals surface area (Å²) >= 11 is 6.25. The predicted molar refractivity (Wildman–Crippen MR) is 170 cm³/mol. The number of carboxylic acid groups (broad SMARTS) is 1. The number of carboxylic acids is 1. The standard InChI is InChI=1S/C34H26ClF2N5O5/c1-18(43)25-16-41(28-10-9-19(11-24(25)28)20-13-38-32(34(46)47)39-14-20)17-30(44)42-15-21(36)12-29(42)33(45)40-27-8-4-6-23(31(27)37)22-5-2-3-7-26(22)35/h2-11,13-14,16,21,29H,12,15,17H2,1H3,(H,40,45)(H,46,47)/t21?,29-/m0/s1. The van der Waals surface area contributed by atoms with Crippen molar-refractivity contribution in [3.8, 4) is 22.3 Å². The Bertz CT molecular complexity index is 2070. The van der Waals surface area contributed by atoms with Crippen molar-refractivity contribution in [3.05, 3.63) is 101 Å². The number of rotatable bonds is 8. The summed E-state index contributed by atoms with van der Waals surface area (Å²) in [5.74, 6) is -3.91. The fourth-order valence-electron chi connectivity index (χ4n) is 5.75. The Morgan fingerprint density at radius 2 is 1.72 bits per heavy atom. The van der Waals surface area contributed by atoms with Crippen LogP contribution in [0.5, 0.6) is 0 Å². The Kier molecular flexibility index (Phi) is 8.52. The molecule has 3 aromatic carbocycles. The molecule has 0 saturated carbocycles. The van der Waals surface area contributed by atoms with Crippen LogP contribution >= 0.6 is 11.6 Å². The largest absolute Gasteiger partial charge is 0.475 e. The van der Waals surface area contributed by atoms with Crippen LogP contribution in [0.25, 0.3) is 33.2 Å². The molecule has 0 spiro atoms. The molecule has 1 saturated heterocycles. The number of amides is 2.